The first-order valence-electron chi connectivity index (χ1n) is 7.91. The van der Waals surface area contributed by atoms with Crippen LogP contribution in [0.5, 0.6) is 0 Å². The smallest absolute Gasteiger partial charge is 0.253 e. The van der Waals surface area contributed by atoms with Crippen LogP contribution in [0.2, 0.25) is 0 Å². The first kappa shape index (κ1) is 16.2. The van der Waals surface area contributed by atoms with Crippen LogP contribution in [0.15, 0.2) is 42.6 Å². The molecule has 1 aliphatic rings. The van der Waals surface area contributed by atoms with Crippen molar-refractivity contribution < 1.29 is 9.53 Å². The third-order valence-corrected chi connectivity index (χ3v) is 4.10. The number of hydrogen-bond donors (Lipinski definition) is 1. The van der Waals surface area contributed by atoms with Crippen molar-refractivity contribution in [3.63, 3.8) is 0 Å². The average molecular weight is 323 g/mol. The third-order valence-electron chi connectivity index (χ3n) is 4.10. The first-order chi connectivity index (χ1) is 11.6. The molecule has 0 bridgehead atoms. The number of carbonyl (C=O) groups excluding carboxylic acids is 1. The molecule has 1 aromatic carbocycles. The summed E-state index contributed by atoms with van der Waals surface area (Å²) in [6, 6.07) is 9.51. The van der Waals surface area contributed by atoms with Gasteiger partial charge in [0.15, 0.2) is 0 Å². The second-order valence-electron chi connectivity index (χ2n) is 5.99. The number of ether oxygens (including phenoxy) is 1. The Morgan fingerprint density at radius 1 is 1.21 bits per heavy atom. The van der Waals surface area contributed by atoms with E-state index >= 15 is 0 Å². The van der Waals surface area contributed by atoms with Crippen LogP contribution in [0.4, 0.5) is 5.82 Å². The highest BCUT2D eigenvalue weighted by Crippen LogP contribution is 2.29. The zero-order valence-electron chi connectivity index (χ0n) is 14.0. The largest absolute Gasteiger partial charge is 0.383 e. The molecule has 3 rings (SSSR count). The molecule has 0 fully saturated rings. The average Bonchev–Trinajstić information content (AvgIpc) is 2.62. The van der Waals surface area contributed by atoms with Crippen LogP contribution >= 0.6 is 0 Å². The van der Waals surface area contributed by atoms with Gasteiger partial charge < -0.3 is 15.4 Å². The molecule has 24 heavy (non-hydrogen) atoms. The molecule has 0 saturated carbocycles. The fourth-order valence-electron chi connectivity index (χ4n) is 2.72. The maximum absolute atomic E-state index is 12.0. The Balaban J connectivity index is 1.94. The molecular weight excluding hydrogens is 302 g/mol. The van der Waals surface area contributed by atoms with Crippen molar-refractivity contribution in [2.24, 2.45) is 0 Å². The standard InChI is InChI=1S/C19H21N3O2/c1-22(2)19(23)15-5-3-14(4-6-15)17-11-16(12-21-18(17)20)13-7-9-24-10-8-13/h3-7,11-12H,8-10H2,1-2H3,(H2,20,21). The highest BCUT2D eigenvalue weighted by molar-refractivity contribution is 5.94. The van der Waals surface area contributed by atoms with Gasteiger partial charge in [0.25, 0.3) is 5.91 Å². The molecule has 0 spiro atoms. The van der Waals surface area contributed by atoms with Crippen LogP contribution in [0.25, 0.3) is 16.7 Å². The van der Waals surface area contributed by atoms with Gasteiger partial charge in [0, 0.05) is 31.4 Å². The highest BCUT2D eigenvalue weighted by Gasteiger charge is 2.12. The van der Waals surface area contributed by atoms with Gasteiger partial charge in [-0.05, 0) is 41.3 Å². The minimum absolute atomic E-state index is 0.0197. The number of nitrogens with two attached hydrogens (primary N) is 1. The fourth-order valence-corrected chi connectivity index (χ4v) is 2.72. The van der Waals surface area contributed by atoms with Crippen LogP contribution in [0.3, 0.4) is 0 Å². The molecular formula is C19H21N3O2. The van der Waals surface area contributed by atoms with E-state index in [1.54, 1.807) is 25.2 Å². The Hall–Kier alpha value is -2.66. The van der Waals surface area contributed by atoms with Gasteiger partial charge in [-0.2, -0.15) is 0 Å². The number of aromatic nitrogens is 1. The fraction of sp³-hybridized carbons (Fsp3) is 0.263. The van der Waals surface area contributed by atoms with Gasteiger partial charge in [-0.1, -0.05) is 18.2 Å². The van der Waals surface area contributed by atoms with Crippen molar-refractivity contribution >= 4 is 17.3 Å². The number of rotatable bonds is 3. The second kappa shape index (κ2) is 6.84. The molecule has 2 aromatic rings. The van der Waals surface area contributed by atoms with Gasteiger partial charge in [0.1, 0.15) is 5.82 Å². The molecule has 1 aliphatic heterocycles. The Bertz CT molecular complexity index is 780. The predicted octanol–water partition coefficient (Wildman–Crippen LogP) is 2.84. The molecule has 1 amide bonds. The molecule has 0 saturated heterocycles. The molecule has 5 heteroatoms. The monoisotopic (exact) mass is 323 g/mol. The molecule has 5 nitrogen and oxygen atoms in total. The molecule has 0 atom stereocenters. The topological polar surface area (TPSA) is 68.5 Å². The Labute approximate surface area is 141 Å². The lowest BCUT2D eigenvalue weighted by molar-refractivity contribution is 0.0827. The number of hydrogen-bond acceptors (Lipinski definition) is 4. The minimum Gasteiger partial charge on any atom is -0.383 e. The zero-order chi connectivity index (χ0) is 17.1. The molecule has 1 aromatic heterocycles. The quantitative estimate of drug-likeness (QED) is 0.943. The van der Waals surface area contributed by atoms with E-state index in [-0.39, 0.29) is 5.91 Å². The maximum atomic E-state index is 12.0. The number of benzene rings is 1. The van der Waals surface area contributed by atoms with Gasteiger partial charge in [0.05, 0.1) is 13.2 Å². The Kier molecular flexibility index (Phi) is 4.62. The lowest BCUT2D eigenvalue weighted by Crippen LogP contribution is -2.21. The number of nitrogen functional groups attached to an aromatic ring is 1. The van der Waals surface area contributed by atoms with Crippen molar-refractivity contribution in [2.45, 2.75) is 6.42 Å². The number of nitrogens with zero attached hydrogens (tertiary/aromatic N) is 2. The number of carbonyl (C=O) groups is 1. The predicted molar refractivity (Wildman–Crippen MR) is 95.5 cm³/mol. The summed E-state index contributed by atoms with van der Waals surface area (Å²) in [5.74, 6) is 0.465. The van der Waals surface area contributed by atoms with Crippen LogP contribution in [-0.2, 0) is 4.74 Å². The lowest BCUT2D eigenvalue weighted by Gasteiger charge is -2.15. The third kappa shape index (κ3) is 3.31. The molecule has 124 valence electrons. The van der Waals surface area contributed by atoms with E-state index < -0.39 is 0 Å². The van der Waals surface area contributed by atoms with Crippen LogP contribution in [0, 0.1) is 0 Å². The van der Waals surface area contributed by atoms with Crippen LogP contribution in [-0.4, -0.2) is 43.1 Å². The van der Waals surface area contributed by atoms with Gasteiger partial charge in [-0.25, -0.2) is 4.98 Å². The van der Waals surface area contributed by atoms with E-state index in [0.717, 1.165) is 29.7 Å². The zero-order valence-corrected chi connectivity index (χ0v) is 14.0. The van der Waals surface area contributed by atoms with Gasteiger partial charge in [0.2, 0.25) is 0 Å². The Morgan fingerprint density at radius 3 is 2.58 bits per heavy atom. The van der Waals surface area contributed by atoms with Crippen molar-refractivity contribution in [1.29, 1.82) is 0 Å². The summed E-state index contributed by atoms with van der Waals surface area (Å²) in [7, 11) is 3.48. The summed E-state index contributed by atoms with van der Waals surface area (Å²) in [6.45, 7) is 1.36. The van der Waals surface area contributed by atoms with Gasteiger partial charge >= 0.3 is 0 Å². The summed E-state index contributed by atoms with van der Waals surface area (Å²) in [5, 5.41) is 0. The molecule has 0 radical (unpaired) electrons. The molecule has 0 unspecified atom stereocenters. The minimum atomic E-state index is -0.0197. The number of amides is 1. The van der Waals surface area contributed by atoms with E-state index in [2.05, 4.69) is 17.1 Å². The van der Waals surface area contributed by atoms with Crippen LogP contribution < -0.4 is 5.73 Å². The second-order valence-corrected chi connectivity index (χ2v) is 5.99. The molecule has 2 N–H and O–H groups in total. The van der Waals surface area contributed by atoms with E-state index in [9.17, 15) is 4.79 Å². The van der Waals surface area contributed by atoms with E-state index in [1.165, 1.54) is 5.57 Å². The van der Waals surface area contributed by atoms with Gasteiger partial charge in [-0.3, -0.25) is 4.79 Å². The number of pyridine rings is 1. The van der Waals surface area contributed by atoms with Crippen LogP contribution in [0.1, 0.15) is 22.3 Å². The molecule has 0 aliphatic carbocycles. The number of anilines is 1. The maximum Gasteiger partial charge on any atom is 0.253 e. The summed E-state index contributed by atoms with van der Waals surface area (Å²) in [4.78, 5) is 17.9. The molecule has 2 heterocycles. The van der Waals surface area contributed by atoms with Crippen molar-refractivity contribution in [3.05, 3.63) is 53.7 Å². The normalized spacial score (nSPS) is 14.2. The highest BCUT2D eigenvalue weighted by atomic mass is 16.5. The van der Waals surface area contributed by atoms with E-state index in [0.29, 0.717) is 18.0 Å². The van der Waals surface area contributed by atoms with Crippen molar-refractivity contribution in [3.8, 4) is 11.1 Å². The van der Waals surface area contributed by atoms with Gasteiger partial charge in [-0.15, -0.1) is 0 Å². The van der Waals surface area contributed by atoms with E-state index in [4.69, 9.17) is 10.5 Å². The van der Waals surface area contributed by atoms with E-state index in [1.807, 2.05) is 24.3 Å². The summed E-state index contributed by atoms with van der Waals surface area (Å²) >= 11 is 0. The SMILES string of the molecule is CN(C)C(=O)c1ccc(-c2cc(C3=CCOCC3)cnc2N)cc1. The van der Waals surface area contributed by atoms with Crippen molar-refractivity contribution in [1.82, 2.24) is 9.88 Å². The summed E-state index contributed by atoms with van der Waals surface area (Å²) in [5.41, 5.74) is 10.8. The van der Waals surface area contributed by atoms with Crippen molar-refractivity contribution in [2.75, 3.05) is 33.0 Å². The first-order valence-corrected chi connectivity index (χ1v) is 7.91. The summed E-state index contributed by atoms with van der Waals surface area (Å²) < 4.78 is 5.36. The summed E-state index contributed by atoms with van der Waals surface area (Å²) in [6.07, 6.45) is 4.76. The Morgan fingerprint density at radius 2 is 1.96 bits per heavy atom. The lowest BCUT2D eigenvalue weighted by atomic mass is 9.98.